The summed E-state index contributed by atoms with van der Waals surface area (Å²) >= 11 is 0. The number of rotatable bonds is 10. The number of nitrogens with one attached hydrogen (secondary N) is 1. The number of ether oxygens (including phenoxy) is 3. The maximum Gasteiger partial charge on any atom is 0.227 e. The van der Waals surface area contributed by atoms with E-state index in [1.165, 1.54) is 12.8 Å². The second-order valence-electron chi connectivity index (χ2n) is 10.3. The van der Waals surface area contributed by atoms with Crippen molar-refractivity contribution in [3.8, 4) is 17.2 Å². The van der Waals surface area contributed by atoms with Crippen LogP contribution in [0.5, 0.6) is 17.2 Å². The quantitative estimate of drug-likeness (QED) is 0.464. The molecule has 2 saturated heterocycles. The molecule has 1 N–H and O–H groups in total. The lowest BCUT2D eigenvalue weighted by atomic mass is 9.83. The summed E-state index contributed by atoms with van der Waals surface area (Å²) in [7, 11) is 4.79. The lowest BCUT2D eigenvalue weighted by molar-refractivity contribution is -0.129. The zero-order valence-corrected chi connectivity index (χ0v) is 23.1. The van der Waals surface area contributed by atoms with Gasteiger partial charge in [-0.1, -0.05) is 13.0 Å². The largest absolute Gasteiger partial charge is 0.497 e. The predicted octanol–water partition coefficient (Wildman–Crippen LogP) is 4.43. The summed E-state index contributed by atoms with van der Waals surface area (Å²) in [5.74, 6) is 2.24. The molecular formula is C30H41N3O5. The number of likely N-dealkylation sites (tertiary alicyclic amines) is 1. The van der Waals surface area contributed by atoms with E-state index in [0.29, 0.717) is 36.6 Å². The molecule has 2 atom stereocenters. The van der Waals surface area contributed by atoms with Crippen LogP contribution < -0.4 is 24.4 Å². The van der Waals surface area contributed by atoms with Crippen LogP contribution in [0.4, 0.5) is 5.69 Å². The van der Waals surface area contributed by atoms with Crippen LogP contribution in [0.3, 0.4) is 0 Å². The normalized spacial score (nSPS) is 20.7. The van der Waals surface area contributed by atoms with Gasteiger partial charge < -0.3 is 29.3 Å². The molecule has 2 amide bonds. The molecule has 0 spiro atoms. The number of nitrogens with zero attached hydrogens (tertiary/aromatic N) is 2. The van der Waals surface area contributed by atoms with E-state index in [1.807, 2.05) is 42.5 Å². The molecule has 0 unspecified atom stereocenters. The number of hydrogen-bond acceptors (Lipinski definition) is 6. The Kier molecular flexibility index (Phi) is 9.50. The first kappa shape index (κ1) is 27.8. The molecule has 2 aromatic rings. The van der Waals surface area contributed by atoms with Crippen molar-refractivity contribution in [3.63, 3.8) is 0 Å². The number of hydrogen-bond donors (Lipinski definition) is 1. The molecule has 0 bridgehead atoms. The number of amides is 2. The van der Waals surface area contributed by atoms with Gasteiger partial charge in [-0.05, 0) is 93.2 Å². The van der Waals surface area contributed by atoms with E-state index >= 15 is 0 Å². The van der Waals surface area contributed by atoms with Crippen LogP contribution in [0.25, 0.3) is 0 Å². The van der Waals surface area contributed by atoms with Gasteiger partial charge in [-0.2, -0.15) is 0 Å². The van der Waals surface area contributed by atoms with Crippen molar-refractivity contribution in [2.45, 2.75) is 45.1 Å². The molecule has 0 aromatic heterocycles. The third-order valence-corrected chi connectivity index (χ3v) is 7.86. The fraction of sp³-hybridized carbons (Fsp3) is 0.533. The Bertz CT molecular complexity index is 1080. The first-order valence-corrected chi connectivity index (χ1v) is 13.6. The van der Waals surface area contributed by atoms with E-state index in [2.05, 4.69) is 17.1 Å². The van der Waals surface area contributed by atoms with E-state index in [0.717, 1.165) is 43.2 Å². The van der Waals surface area contributed by atoms with Gasteiger partial charge in [-0.15, -0.1) is 0 Å². The van der Waals surface area contributed by atoms with Gasteiger partial charge in [0.15, 0.2) is 11.5 Å². The Morgan fingerprint density at radius 3 is 2.32 bits per heavy atom. The summed E-state index contributed by atoms with van der Waals surface area (Å²) in [5.41, 5.74) is 1.56. The molecule has 2 fully saturated rings. The van der Waals surface area contributed by atoms with E-state index < -0.39 is 12.0 Å². The first-order chi connectivity index (χ1) is 18.4. The minimum atomic E-state index is -0.479. The zero-order valence-electron chi connectivity index (χ0n) is 23.1. The minimum absolute atomic E-state index is 0.0154. The topological polar surface area (TPSA) is 80.3 Å². The van der Waals surface area contributed by atoms with Gasteiger partial charge in [0, 0.05) is 18.7 Å². The van der Waals surface area contributed by atoms with Crippen LogP contribution in [0.1, 0.15) is 50.6 Å². The summed E-state index contributed by atoms with van der Waals surface area (Å²) < 4.78 is 16.3. The van der Waals surface area contributed by atoms with Crippen molar-refractivity contribution in [3.05, 3.63) is 48.0 Å². The fourth-order valence-electron chi connectivity index (χ4n) is 5.56. The second-order valence-corrected chi connectivity index (χ2v) is 10.3. The molecule has 0 aliphatic carbocycles. The summed E-state index contributed by atoms with van der Waals surface area (Å²) in [6.07, 6.45) is 4.20. The monoisotopic (exact) mass is 523 g/mol. The van der Waals surface area contributed by atoms with Crippen LogP contribution in [0.2, 0.25) is 0 Å². The van der Waals surface area contributed by atoms with Gasteiger partial charge in [0.1, 0.15) is 5.75 Å². The first-order valence-electron chi connectivity index (χ1n) is 13.6. The predicted molar refractivity (Wildman–Crippen MR) is 148 cm³/mol. The molecule has 38 heavy (non-hydrogen) atoms. The fourth-order valence-corrected chi connectivity index (χ4v) is 5.56. The summed E-state index contributed by atoms with van der Waals surface area (Å²) in [6.45, 7) is 6.20. The third kappa shape index (κ3) is 6.41. The summed E-state index contributed by atoms with van der Waals surface area (Å²) in [6, 6.07) is 12.5. The Morgan fingerprint density at radius 2 is 1.66 bits per heavy atom. The number of anilines is 1. The highest BCUT2D eigenvalue weighted by Crippen LogP contribution is 2.42. The van der Waals surface area contributed by atoms with Crippen molar-refractivity contribution in [1.29, 1.82) is 0 Å². The van der Waals surface area contributed by atoms with E-state index in [-0.39, 0.29) is 11.8 Å². The lowest BCUT2D eigenvalue weighted by Gasteiger charge is -2.41. The molecule has 2 aliphatic rings. The van der Waals surface area contributed by atoms with Crippen molar-refractivity contribution < 1.29 is 23.8 Å². The van der Waals surface area contributed by atoms with Crippen LogP contribution >= 0.6 is 0 Å². The van der Waals surface area contributed by atoms with Crippen LogP contribution in [0, 0.1) is 11.8 Å². The summed E-state index contributed by atoms with van der Waals surface area (Å²) in [5, 5.41) is 3.18. The van der Waals surface area contributed by atoms with Crippen LogP contribution in [-0.4, -0.2) is 64.2 Å². The smallest absolute Gasteiger partial charge is 0.227 e. The number of benzene rings is 2. The minimum Gasteiger partial charge on any atom is -0.497 e. The highest BCUT2D eigenvalue weighted by Gasteiger charge is 2.41. The molecule has 2 aromatic carbocycles. The lowest BCUT2D eigenvalue weighted by Crippen LogP contribution is -2.48. The number of piperidine rings is 2. The Morgan fingerprint density at radius 1 is 0.947 bits per heavy atom. The van der Waals surface area contributed by atoms with Crippen molar-refractivity contribution in [1.82, 2.24) is 10.2 Å². The van der Waals surface area contributed by atoms with Gasteiger partial charge in [-0.3, -0.25) is 9.59 Å². The molecule has 2 aliphatic heterocycles. The molecule has 4 rings (SSSR count). The van der Waals surface area contributed by atoms with Crippen molar-refractivity contribution >= 4 is 17.5 Å². The number of methoxy groups -OCH3 is 3. The SMILES string of the molecule is COc1ccc(N2C(=O)CC[C@@H](C(=O)NCCCN3CCC(C)CC3)[C@@H]2c2ccc(OC)c(OC)c2)cc1. The summed E-state index contributed by atoms with van der Waals surface area (Å²) in [4.78, 5) is 31.2. The molecule has 8 heteroatoms. The highest BCUT2D eigenvalue weighted by molar-refractivity contribution is 5.97. The van der Waals surface area contributed by atoms with Gasteiger partial charge in [0.2, 0.25) is 11.8 Å². The molecular weight excluding hydrogens is 482 g/mol. The zero-order chi connectivity index (χ0) is 27.1. The van der Waals surface area contributed by atoms with Crippen molar-refractivity contribution in [2.24, 2.45) is 11.8 Å². The molecule has 0 radical (unpaired) electrons. The Hall–Kier alpha value is -3.26. The van der Waals surface area contributed by atoms with Gasteiger partial charge in [0.05, 0.1) is 33.3 Å². The van der Waals surface area contributed by atoms with Gasteiger partial charge in [0.25, 0.3) is 0 Å². The number of carbonyl (C=O) groups is 2. The highest BCUT2D eigenvalue weighted by atomic mass is 16.5. The van der Waals surface area contributed by atoms with E-state index in [1.54, 1.807) is 26.2 Å². The Balaban J connectivity index is 1.55. The average molecular weight is 524 g/mol. The molecule has 8 nitrogen and oxygen atoms in total. The standard InChI is InChI=1S/C30H41N3O5/c1-21-14-18-32(19-15-21)17-5-16-31-30(35)25-11-13-28(34)33(23-7-9-24(36-2)10-8-23)29(25)22-6-12-26(37-3)27(20-22)38-4/h6-10,12,20-21,25,29H,5,11,13-19H2,1-4H3,(H,31,35)/t25-,29+/m1/s1. The maximum atomic E-state index is 13.6. The Labute approximate surface area is 226 Å². The molecule has 0 saturated carbocycles. The maximum absolute atomic E-state index is 13.6. The van der Waals surface area contributed by atoms with Crippen LogP contribution in [0.15, 0.2) is 42.5 Å². The van der Waals surface area contributed by atoms with Gasteiger partial charge in [-0.25, -0.2) is 0 Å². The number of carbonyl (C=O) groups excluding carboxylic acids is 2. The van der Waals surface area contributed by atoms with Crippen molar-refractivity contribution in [2.75, 3.05) is 52.4 Å². The third-order valence-electron chi connectivity index (χ3n) is 7.86. The van der Waals surface area contributed by atoms with Crippen LogP contribution in [-0.2, 0) is 9.59 Å². The molecule has 2 heterocycles. The molecule has 206 valence electrons. The van der Waals surface area contributed by atoms with E-state index in [4.69, 9.17) is 14.2 Å². The second kappa shape index (κ2) is 13.0. The average Bonchev–Trinajstić information content (AvgIpc) is 2.95. The van der Waals surface area contributed by atoms with E-state index in [9.17, 15) is 9.59 Å². The van der Waals surface area contributed by atoms with Gasteiger partial charge >= 0.3 is 0 Å².